The van der Waals surface area contributed by atoms with Crippen LogP contribution in [0.2, 0.25) is 0 Å². The number of nitrogens with zero attached hydrogens (tertiary/aromatic N) is 1. The number of hydrogen-bond acceptors (Lipinski definition) is 5. The summed E-state index contributed by atoms with van der Waals surface area (Å²) in [4.78, 5) is 28.2. The summed E-state index contributed by atoms with van der Waals surface area (Å²) in [5.74, 6) is -0.930. The van der Waals surface area contributed by atoms with Gasteiger partial charge in [-0.2, -0.15) is 0 Å². The number of benzene rings is 1. The zero-order valence-corrected chi connectivity index (χ0v) is 14.6. The third kappa shape index (κ3) is 3.88. The van der Waals surface area contributed by atoms with Gasteiger partial charge in [0.2, 0.25) is 5.91 Å². The molecule has 1 aliphatic heterocycles. The average Bonchev–Trinajstić information content (AvgIpc) is 2.78. The highest BCUT2D eigenvalue weighted by Gasteiger charge is 2.24. The lowest BCUT2D eigenvalue weighted by Gasteiger charge is -2.15. The minimum absolute atomic E-state index is 0.144. The van der Waals surface area contributed by atoms with E-state index in [0.29, 0.717) is 36.3 Å². The fourth-order valence-corrected chi connectivity index (χ4v) is 2.99. The van der Waals surface area contributed by atoms with E-state index in [1.54, 1.807) is 25.1 Å². The van der Waals surface area contributed by atoms with Gasteiger partial charge in [0.1, 0.15) is 5.82 Å². The number of hydrogen-bond donors (Lipinski definition) is 2. The van der Waals surface area contributed by atoms with Gasteiger partial charge in [-0.25, -0.2) is 9.18 Å². The van der Waals surface area contributed by atoms with Gasteiger partial charge in [-0.15, -0.1) is 0 Å². The van der Waals surface area contributed by atoms with Crippen molar-refractivity contribution in [3.63, 3.8) is 0 Å². The number of pyridine rings is 1. The fraction of sp³-hybridized carbons (Fsp3) is 0.316. The first kappa shape index (κ1) is 18.0. The van der Waals surface area contributed by atoms with Crippen LogP contribution in [0, 0.1) is 12.7 Å². The zero-order chi connectivity index (χ0) is 18.7. The van der Waals surface area contributed by atoms with Crippen molar-refractivity contribution < 1.29 is 18.7 Å². The molecular formula is C19H20FN3O3. The van der Waals surface area contributed by atoms with Gasteiger partial charge < -0.3 is 15.4 Å². The third-order valence-corrected chi connectivity index (χ3v) is 4.47. The molecule has 2 N–H and O–H groups in total. The normalized spacial score (nSPS) is 16.4. The molecule has 2 heterocycles. The van der Waals surface area contributed by atoms with E-state index in [1.165, 1.54) is 19.4 Å². The molecule has 0 bridgehead atoms. The number of amides is 1. The number of nitrogens with one attached hydrogen (secondary N) is 2. The molecule has 2 aromatic rings. The van der Waals surface area contributed by atoms with Crippen molar-refractivity contribution >= 4 is 17.6 Å². The SMILES string of the molecule is COC(=O)c1ccc2c(c1)CCC(NCc1ncc(F)cc1C)C(=O)N2. The smallest absolute Gasteiger partial charge is 0.337 e. The van der Waals surface area contributed by atoms with Gasteiger partial charge >= 0.3 is 5.97 Å². The Bertz CT molecular complexity index is 854. The highest BCUT2D eigenvalue weighted by Crippen LogP contribution is 2.24. The molecule has 0 fully saturated rings. The van der Waals surface area contributed by atoms with Gasteiger partial charge in [0.15, 0.2) is 0 Å². The number of methoxy groups -OCH3 is 1. The molecule has 0 radical (unpaired) electrons. The van der Waals surface area contributed by atoms with E-state index in [2.05, 4.69) is 15.6 Å². The van der Waals surface area contributed by atoms with E-state index >= 15 is 0 Å². The van der Waals surface area contributed by atoms with E-state index in [1.807, 2.05) is 0 Å². The van der Waals surface area contributed by atoms with Gasteiger partial charge in [0.25, 0.3) is 0 Å². The van der Waals surface area contributed by atoms with Crippen LogP contribution in [-0.4, -0.2) is 30.0 Å². The maximum atomic E-state index is 13.1. The molecule has 0 saturated carbocycles. The van der Waals surface area contributed by atoms with Crippen LogP contribution in [0.25, 0.3) is 0 Å². The van der Waals surface area contributed by atoms with Crippen molar-refractivity contribution in [2.75, 3.05) is 12.4 Å². The molecule has 1 amide bonds. The lowest BCUT2D eigenvalue weighted by Crippen LogP contribution is -2.39. The molecule has 7 heteroatoms. The molecule has 1 aromatic carbocycles. The first-order valence-corrected chi connectivity index (χ1v) is 8.34. The Morgan fingerprint density at radius 1 is 1.42 bits per heavy atom. The van der Waals surface area contributed by atoms with Gasteiger partial charge in [0.05, 0.1) is 30.6 Å². The Labute approximate surface area is 150 Å². The zero-order valence-electron chi connectivity index (χ0n) is 14.6. The number of carbonyl (C=O) groups is 2. The van der Waals surface area contributed by atoms with E-state index in [0.717, 1.165) is 11.1 Å². The van der Waals surface area contributed by atoms with E-state index in [4.69, 9.17) is 4.74 Å². The van der Waals surface area contributed by atoms with E-state index in [-0.39, 0.29) is 11.7 Å². The summed E-state index contributed by atoms with van der Waals surface area (Å²) in [6.07, 6.45) is 2.37. The summed E-state index contributed by atoms with van der Waals surface area (Å²) in [7, 11) is 1.33. The second kappa shape index (κ2) is 7.61. The minimum atomic E-state index is -0.407. The van der Waals surface area contributed by atoms with Crippen LogP contribution in [-0.2, 0) is 22.5 Å². The monoisotopic (exact) mass is 357 g/mol. The Balaban J connectivity index is 1.70. The lowest BCUT2D eigenvalue weighted by atomic mass is 10.0. The number of aromatic nitrogens is 1. The number of halogens is 1. The van der Waals surface area contributed by atoms with Crippen LogP contribution < -0.4 is 10.6 Å². The molecule has 1 atom stereocenters. The van der Waals surface area contributed by atoms with Crippen LogP contribution in [0.1, 0.15) is 33.6 Å². The van der Waals surface area contributed by atoms with Crippen LogP contribution in [0.5, 0.6) is 0 Å². The highest BCUT2D eigenvalue weighted by atomic mass is 19.1. The molecule has 3 rings (SSSR count). The standard InChI is InChI=1S/C19H20FN3O3/c1-11-7-14(20)9-21-17(11)10-22-16-6-3-12-8-13(19(25)26-2)4-5-15(12)23-18(16)24/h4-5,7-9,16,22H,3,6,10H2,1-2H3,(H,23,24). The van der Waals surface area contributed by atoms with Crippen LogP contribution >= 0.6 is 0 Å². The predicted octanol–water partition coefficient (Wildman–Crippen LogP) is 2.36. The molecule has 136 valence electrons. The number of carbonyl (C=O) groups excluding carboxylic acids is 2. The fourth-order valence-electron chi connectivity index (χ4n) is 2.99. The second-order valence-corrected chi connectivity index (χ2v) is 6.24. The first-order chi connectivity index (χ1) is 12.5. The summed E-state index contributed by atoms with van der Waals surface area (Å²) in [5, 5.41) is 6.07. The summed E-state index contributed by atoms with van der Waals surface area (Å²) >= 11 is 0. The van der Waals surface area contributed by atoms with Crippen molar-refractivity contribution in [3.8, 4) is 0 Å². The number of esters is 1. The van der Waals surface area contributed by atoms with E-state index in [9.17, 15) is 14.0 Å². The number of rotatable bonds is 4. The summed E-state index contributed by atoms with van der Waals surface area (Å²) < 4.78 is 17.9. The number of fused-ring (bicyclic) bond motifs is 1. The van der Waals surface area contributed by atoms with Crippen LogP contribution in [0.15, 0.2) is 30.5 Å². The Hall–Kier alpha value is -2.80. The van der Waals surface area contributed by atoms with Crippen molar-refractivity contribution in [2.45, 2.75) is 32.4 Å². The maximum absolute atomic E-state index is 13.1. The first-order valence-electron chi connectivity index (χ1n) is 8.34. The molecule has 1 unspecified atom stereocenters. The van der Waals surface area contributed by atoms with Crippen LogP contribution in [0.4, 0.5) is 10.1 Å². The number of aryl methyl sites for hydroxylation is 2. The van der Waals surface area contributed by atoms with Gasteiger partial charge in [-0.05, 0) is 55.2 Å². The molecular weight excluding hydrogens is 337 g/mol. The minimum Gasteiger partial charge on any atom is -0.465 e. The van der Waals surface area contributed by atoms with Crippen molar-refractivity contribution in [3.05, 3.63) is 58.7 Å². The highest BCUT2D eigenvalue weighted by molar-refractivity contribution is 5.97. The average molecular weight is 357 g/mol. The third-order valence-electron chi connectivity index (χ3n) is 4.47. The van der Waals surface area contributed by atoms with Gasteiger partial charge in [-0.3, -0.25) is 9.78 Å². The summed E-state index contributed by atoms with van der Waals surface area (Å²) in [5.41, 5.74) is 3.48. The maximum Gasteiger partial charge on any atom is 0.337 e. The lowest BCUT2D eigenvalue weighted by molar-refractivity contribution is -0.118. The molecule has 0 saturated heterocycles. The Morgan fingerprint density at radius 2 is 2.23 bits per heavy atom. The van der Waals surface area contributed by atoms with Crippen molar-refractivity contribution in [1.29, 1.82) is 0 Å². The number of anilines is 1. The molecule has 1 aliphatic rings. The molecule has 0 spiro atoms. The Morgan fingerprint density at radius 3 is 2.96 bits per heavy atom. The molecule has 26 heavy (non-hydrogen) atoms. The number of ether oxygens (including phenoxy) is 1. The molecule has 6 nitrogen and oxygen atoms in total. The quantitative estimate of drug-likeness (QED) is 0.821. The van der Waals surface area contributed by atoms with Crippen molar-refractivity contribution in [2.24, 2.45) is 0 Å². The summed E-state index contributed by atoms with van der Waals surface area (Å²) in [6, 6.07) is 6.10. The van der Waals surface area contributed by atoms with Gasteiger partial charge in [-0.1, -0.05) is 0 Å². The van der Waals surface area contributed by atoms with Crippen molar-refractivity contribution in [1.82, 2.24) is 10.3 Å². The topological polar surface area (TPSA) is 80.3 Å². The second-order valence-electron chi connectivity index (χ2n) is 6.24. The molecule has 0 aliphatic carbocycles. The van der Waals surface area contributed by atoms with E-state index < -0.39 is 12.0 Å². The van der Waals surface area contributed by atoms with Gasteiger partial charge in [0, 0.05) is 12.2 Å². The Kier molecular flexibility index (Phi) is 5.27. The largest absolute Gasteiger partial charge is 0.465 e. The predicted molar refractivity (Wildman–Crippen MR) is 94.3 cm³/mol. The van der Waals surface area contributed by atoms with Crippen LogP contribution in [0.3, 0.4) is 0 Å². The summed E-state index contributed by atoms with van der Waals surface area (Å²) in [6.45, 7) is 2.15. The molecule has 1 aromatic heterocycles.